The summed E-state index contributed by atoms with van der Waals surface area (Å²) in [6.45, 7) is 6.43. The molecule has 20 heavy (non-hydrogen) atoms. The molecule has 1 aromatic heterocycles. The second-order valence-electron chi connectivity index (χ2n) is 5.74. The molecule has 0 amide bonds. The second kappa shape index (κ2) is 5.74. The maximum atomic E-state index is 8.82. The molecule has 0 saturated heterocycles. The molecule has 0 bridgehead atoms. The Bertz CT molecular complexity index is 617. The molecule has 0 radical (unpaired) electrons. The molecule has 104 valence electrons. The van der Waals surface area contributed by atoms with Gasteiger partial charge in [0.05, 0.1) is 17.3 Å². The molecule has 0 saturated carbocycles. The number of rotatable bonds is 3. The Morgan fingerprint density at radius 1 is 1.25 bits per heavy atom. The van der Waals surface area contributed by atoms with Crippen LogP contribution >= 0.6 is 11.3 Å². The molecule has 0 aliphatic heterocycles. The predicted octanol–water partition coefficient (Wildman–Crippen LogP) is 4.42. The van der Waals surface area contributed by atoms with Crippen molar-refractivity contribution in [1.82, 2.24) is 4.98 Å². The van der Waals surface area contributed by atoms with Gasteiger partial charge in [-0.25, -0.2) is 4.98 Å². The van der Waals surface area contributed by atoms with E-state index < -0.39 is 0 Å². The van der Waals surface area contributed by atoms with Gasteiger partial charge in [-0.3, -0.25) is 0 Å². The van der Waals surface area contributed by atoms with Crippen LogP contribution in [0.4, 0.5) is 0 Å². The van der Waals surface area contributed by atoms with Crippen LogP contribution in [0.3, 0.4) is 0 Å². The summed E-state index contributed by atoms with van der Waals surface area (Å²) >= 11 is 1.61. The number of ether oxygens (including phenoxy) is 1. The Hall–Kier alpha value is -1.70. The first-order chi connectivity index (χ1) is 9.45. The van der Waals surface area contributed by atoms with Crippen LogP contribution in [0, 0.1) is 16.7 Å². The average Bonchev–Trinajstić information content (AvgIpc) is 2.87. The van der Waals surface area contributed by atoms with Crippen molar-refractivity contribution in [2.75, 3.05) is 7.11 Å². The van der Waals surface area contributed by atoms with Crippen LogP contribution < -0.4 is 0 Å². The minimum atomic E-state index is -0.0142. The zero-order chi connectivity index (χ0) is 14.8. The van der Waals surface area contributed by atoms with Crippen LogP contribution in [0.2, 0.25) is 0 Å². The van der Waals surface area contributed by atoms with Crippen LogP contribution in [0.15, 0.2) is 29.6 Å². The largest absolute Gasteiger partial charge is 0.374 e. The topological polar surface area (TPSA) is 45.9 Å². The van der Waals surface area contributed by atoms with Gasteiger partial charge in [-0.1, -0.05) is 32.9 Å². The summed E-state index contributed by atoms with van der Waals surface area (Å²) in [5.41, 5.74) is 2.62. The van der Waals surface area contributed by atoms with Crippen molar-refractivity contribution >= 4 is 11.3 Å². The SMILES string of the molecule is COC(c1nc(-c2ccc(C#N)cc2)cs1)C(C)(C)C. The smallest absolute Gasteiger partial charge is 0.123 e. The van der Waals surface area contributed by atoms with Crippen LogP contribution in [0.5, 0.6) is 0 Å². The van der Waals surface area contributed by atoms with Gasteiger partial charge in [-0.05, 0) is 17.5 Å². The Labute approximate surface area is 123 Å². The highest BCUT2D eigenvalue weighted by molar-refractivity contribution is 7.10. The summed E-state index contributed by atoms with van der Waals surface area (Å²) in [6.07, 6.45) is -0.0142. The average molecular weight is 286 g/mol. The van der Waals surface area contributed by atoms with Crippen molar-refractivity contribution < 1.29 is 4.74 Å². The van der Waals surface area contributed by atoms with Gasteiger partial charge in [0.25, 0.3) is 0 Å². The van der Waals surface area contributed by atoms with E-state index in [0.717, 1.165) is 16.3 Å². The van der Waals surface area contributed by atoms with Crippen molar-refractivity contribution in [2.24, 2.45) is 5.41 Å². The summed E-state index contributed by atoms with van der Waals surface area (Å²) in [6, 6.07) is 9.60. The molecular formula is C16H18N2OS. The van der Waals surface area contributed by atoms with E-state index >= 15 is 0 Å². The van der Waals surface area contributed by atoms with Gasteiger partial charge >= 0.3 is 0 Å². The first-order valence-corrected chi connectivity index (χ1v) is 7.32. The molecule has 0 fully saturated rings. The number of hydrogen-bond acceptors (Lipinski definition) is 4. The lowest BCUT2D eigenvalue weighted by atomic mass is 9.89. The van der Waals surface area contributed by atoms with Crippen molar-refractivity contribution in [1.29, 1.82) is 5.26 Å². The standard InChI is InChI=1S/C16H18N2OS/c1-16(2,3)14(19-4)15-18-13(10-20-15)12-7-5-11(9-17)6-8-12/h5-8,10,14H,1-4H3. The number of nitriles is 1. The van der Waals surface area contributed by atoms with E-state index in [4.69, 9.17) is 10.00 Å². The molecular weight excluding hydrogens is 268 g/mol. The highest BCUT2D eigenvalue weighted by Crippen LogP contribution is 2.38. The quantitative estimate of drug-likeness (QED) is 0.839. The zero-order valence-corrected chi connectivity index (χ0v) is 13.0. The number of hydrogen-bond donors (Lipinski definition) is 0. The van der Waals surface area contributed by atoms with Crippen molar-refractivity contribution in [2.45, 2.75) is 26.9 Å². The molecule has 1 atom stereocenters. The monoisotopic (exact) mass is 286 g/mol. The summed E-state index contributed by atoms with van der Waals surface area (Å²) in [5.74, 6) is 0. The van der Waals surface area contributed by atoms with E-state index in [1.165, 1.54) is 0 Å². The first-order valence-electron chi connectivity index (χ1n) is 6.44. The Balaban J connectivity index is 2.30. The molecule has 0 aliphatic carbocycles. The third-order valence-corrected chi connectivity index (χ3v) is 3.97. The van der Waals surface area contributed by atoms with E-state index in [9.17, 15) is 0 Å². The van der Waals surface area contributed by atoms with Gasteiger partial charge < -0.3 is 4.74 Å². The van der Waals surface area contributed by atoms with Gasteiger partial charge in [0.15, 0.2) is 0 Å². The fourth-order valence-corrected chi connectivity index (χ4v) is 3.23. The Morgan fingerprint density at radius 3 is 2.40 bits per heavy atom. The maximum absolute atomic E-state index is 8.82. The fraction of sp³-hybridized carbons (Fsp3) is 0.375. The van der Waals surface area contributed by atoms with Crippen molar-refractivity contribution in [3.8, 4) is 17.3 Å². The van der Waals surface area contributed by atoms with Crippen molar-refractivity contribution in [3.63, 3.8) is 0 Å². The molecule has 1 unspecified atom stereocenters. The highest BCUT2D eigenvalue weighted by atomic mass is 32.1. The summed E-state index contributed by atoms with van der Waals surface area (Å²) < 4.78 is 5.59. The van der Waals surface area contributed by atoms with E-state index in [2.05, 4.69) is 31.8 Å². The molecule has 0 aliphatic rings. The molecule has 2 rings (SSSR count). The lowest BCUT2D eigenvalue weighted by molar-refractivity contribution is 0.0151. The summed E-state index contributed by atoms with van der Waals surface area (Å²) in [4.78, 5) is 4.68. The van der Waals surface area contributed by atoms with E-state index in [0.29, 0.717) is 5.56 Å². The minimum Gasteiger partial charge on any atom is -0.374 e. The molecule has 1 heterocycles. The van der Waals surface area contributed by atoms with Gasteiger partial charge in [-0.15, -0.1) is 11.3 Å². The number of benzene rings is 1. The zero-order valence-electron chi connectivity index (χ0n) is 12.2. The number of methoxy groups -OCH3 is 1. The Morgan fingerprint density at radius 2 is 1.90 bits per heavy atom. The third kappa shape index (κ3) is 3.06. The lowest BCUT2D eigenvalue weighted by Crippen LogP contribution is -2.19. The molecule has 1 aromatic carbocycles. The molecule has 0 N–H and O–H groups in total. The van der Waals surface area contributed by atoms with Gasteiger partial charge in [0, 0.05) is 18.1 Å². The van der Waals surface area contributed by atoms with Gasteiger partial charge in [0.2, 0.25) is 0 Å². The van der Waals surface area contributed by atoms with E-state index in [-0.39, 0.29) is 11.5 Å². The third-order valence-electron chi connectivity index (χ3n) is 3.08. The Kier molecular flexibility index (Phi) is 4.22. The predicted molar refractivity (Wildman–Crippen MR) is 81.5 cm³/mol. The first kappa shape index (κ1) is 14.7. The summed E-state index contributed by atoms with van der Waals surface area (Å²) in [7, 11) is 1.72. The van der Waals surface area contributed by atoms with Crippen LogP contribution in [-0.2, 0) is 4.74 Å². The van der Waals surface area contributed by atoms with Crippen LogP contribution in [-0.4, -0.2) is 12.1 Å². The van der Waals surface area contributed by atoms with E-state index in [1.54, 1.807) is 18.4 Å². The van der Waals surface area contributed by atoms with Crippen LogP contribution in [0.1, 0.15) is 37.4 Å². The lowest BCUT2D eigenvalue weighted by Gasteiger charge is -2.27. The minimum absolute atomic E-state index is 0.00847. The van der Waals surface area contributed by atoms with Gasteiger partial charge in [0.1, 0.15) is 11.1 Å². The molecule has 3 nitrogen and oxygen atoms in total. The second-order valence-corrected chi connectivity index (χ2v) is 6.63. The highest BCUT2D eigenvalue weighted by Gasteiger charge is 2.28. The number of nitrogens with zero attached hydrogens (tertiary/aromatic N) is 2. The molecule has 0 spiro atoms. The normalized spacial score (nSPS) is 12.9. The molecule has 2 aromatic rings. The van der Waals surface area contributed by atoms with Crippen LogP contribution in [0.25, 0.3) is 11.3 Å². The van der Waals surface area contributed by atoms with E-state index in [1.807, 2.05) is 29.6 Å². The molecule has 4 heteroatoms. The maximum Gasteiger partial charge on any atom is 0.123 e. The fourth-order valence-electron chi connectivity index (χ4n) is 2.08. The van der Waals surface area contributed by atoms with Crippen molar-refractivity contribution in [3.05, 3.63) is 40.2 Å². The van der Waals surface area contributed by atoms with Gasteiger partial charge in [-0.2, -0.15) is 5.26 Å². The summed E-state index contributed by atoms with van der Waals surface area (Å²) in [5, 5.41) is 11.8. The number of thiazole rings is 1. The number of aromatic nitrogens is 1.